The number of hydrogen-bond donors (Lipinski definition) is 1. The summed E-state index contributed by atoms with van der Waals surface area (Å²) in [5, 5.41) is 10.1. The van der Waals surface area contributed by atoms with Crippen LogP contribution in [0.2, 0.25) is 0 Å². The van der Waals surface area contributed by atoms with Crippen LogP contribution in [0.25, 0.3) is 0 Å². The van der Waals surface area contributed by atoms with Crippen LogP contribution >= 0.6 is 15.9 Å². The first-order chi connectivity index (χ1) is 8.37. The van der Waals surface area contributed by atoms with Crippen molar-refractivity contribution in [2.75, 3.05) is 0 Å². The van der Waals surface area contributed by atoms with Crippen LogP contribution in [0.3, 0.4) is 0 Å². The second kappa shape index (κ2) is 4.44. The summed E-state index contributed by atoms with van der Waals surface area (Å²) >= 11 is 3.02. The number of rotatable bonds is 2. The van der Waals surface area contributed by atoms with Gasteiger partial charge in [0.05, 0.1) is 12.5 Å². The van der Waals surface area contributed by atoms with E-state index in [1.807, 2.05) is 0 Å². The molecule has 0 bridgehead atoms. The fourth-order valence-corrected chi connectivity index (χ4v) is 2.27. The van der Waals surface area contributed by atoms with Crippen molar-refractivity contribution >= 4 is 15.9 Å². The van der Waals surface area contributed by atoms with E-state index in [4.69, 9.17) is 0 Å². The Labute approximate surface area is 109 Å². The standard InChI is InChI=1S/C12H8BrF3O2/c13-10-4-2-1-3-9(10)11(17,12(14,15)16)8-5-6-18-7-8/h1-7,17H. The zero-order valence-corrected chi connectivity index (χ0v) is 10.5. The Bertz CT molecular complexity index is 537. The third kappa shape index (κ3) is 1.95. The van der Waals surface area contributed by atoms with Gasteiger partial charge in [0, 0.05) is 15.6 Å². The molecular formula is C12H8BrF3O2. The molecule has 0 spiro atoms. The van der Waals surface area contributed by atoms with E-state index in [1.165, 1.54) is 18.2 Å². The molecule has 2 nitrogen and oxygen atoms in total. The molecule has 0 radical (unpaired) electrons. The number of hydrogen-bond acceptors (Lipinski definition) is 2. The van der Waals surface area contributed by atoms with E-state index in [9.17, 15) is 18.3 Å². The van der Waals surface area contributed by atoms with Crippen LogP contribution < -0.4 is 0 Å². The molecule has 1 aromatic heterocycles. The molecule has 0 amide bonds. The van der Waals surface area contributed by atoms with Crippen LogP contribution in [0, 0.1) is 0 Å². The lowest BCUT2D eigenvalue weighted by atomic mass is 9.87. The molecule has 6 heteroatoms. The van der Waals surface area contributed by atoms with Crippen LogP contribution in [0.4, 0.5) is 13.2 Å². The van der Waals surface area contributed by atoms with Gasteiger partial charge >= 0.3 is 6.18 Å². The minimum absolute atomic E-state index is 0.172. The minimum atomic E-state index is -4.86. The van der Waals surface area contributed by atoms with Crippen molar-refractivity contribution in [3.63, 3.8) is 0 Å². The van der Waals surface area contributed by atoms with Crippen molar-refractivity contribution in [2.45, 2.75) is 11.8 Å². The fourth-order valence-electron chi connectivity index (χ4n) is 1.70. The smallest absolute Gasteiger partial charge is 0.425 e. The quantitative estimate of drug-likeness (QED) is 0.912. The molecule has 0 saturated carbocycles. The van der Waals surface area contributed by atoms with Gasteiger partial charge in [0.1, 0.15) is 0 Å². The highest BCUT2D eigenvalue weighted by Gasteiger charge is 2.57. The molecule has 1 heterocycles. The number of aliphatic hydroxyl groups is 1. The molecule has 1 aromatic carbocycles. The van der Waals surface area contributed by atoms with Crippen molar-refractivity contribution in [1.82, 2.24) is 0 Å². The third-order valence-electron chi connectivity index (χ3n) is 2.61. The maximum atomic E-state index is 13.2. The van der Waals surface area contributed by atoms with E-state index in [2.05, 4.69) is 20.3 Å². The Morgan fingerprint density at radius 3 is 2.28 bits per heavy atom. The first-order valence-electron chi connectivity index (χ1n) is 4.94. The van der Waals surface area contributed by atoms with E-state index < -0.39 is 11.8 Å². The van der Waals surface area contributed by atoms with E-state index in [0.717, 1.165) is 18.6 Å². The van der Waals surface area contributed by atoms with Crippen molar-refractivity contribution in [3.05, 3.63) is 58.5 Å². The zero-order chi connectivity index (χ0) is 13.4. The minimum Gasteiger partial charge on any atom is -0.472 e. The summed E-state index contributed by atoms with van der Waals surface area (Å²) in [4.78, 5) is 0. The van der Waals surface area contributed by atoms with Gasteiger partial charge in [-0.2, -0.15) is 13.2 Å². The topological polar surface area (TPSA) is 33.4 Å². The van der Waals surface area contributed by atoms with Crippen LogP contribution in [0.5, 0.6) is 0 Å². The molecule has 2 aromatic rings. The molecule has 0 aliphatic rings. The van der Waals surface area contributed by atoms with Crippen molar-refractivity contribution in [1.29, 1.82) is 0 Å². The molecule has 2 rings (SSSR count). The molecule has 1 unspecified atom stereocenters. The lowest BCUT2D eigenvalue weighted by Gasteiger charge is -2.30. The monoisotopic (exact) mass is 320 g/mol. The maximum absolute atomic E-state index is 13.2. The summed E-state index contributed by atoms with van der Waals surface area (Å²) in [5.74, 6) is 0. The average molecular weight is 321 g/mol. The fraction of sp³-hybridized carbons (Fsp3) is 0.167. The normalized spacial score (nSPS) is 15.4. The van der Waals surface area contributed by atoms with Gasteiger partial charge in [-0.05, 0) is 12.1 Å². The van der Waals surface area contributed by atoms with Crippen molar-refractivity contribution in [3.8, 4) is 0 Å². The summed E-state index contributed by atoms with van der Waals surface area (Å²) in [6.07, 6.45) is -2.89. The first kappa shape index (κ1) is 13.2. The second-order valence-electron chi connectivity index (χ2n) is 3.70. The zero-order valence-electron chi connectivity index (χ0n) is 8.91. The SMILES string of the molecule is OC(c1ccoc1)(c1ccccc1Br)C(F)(F)F. The highest BCUT2D eigenvalue weighted by molar-refractivity contribution is 9.10. The Hall–Kier alpha value is -1.27. The second-order valence-corrected chi connectivity index (χ2v) is 4.55. The summed E-state index contributed by atoms with van der Waals surface area (Å²) in [6.45, 7) is 0. The molecule has 0 saturated heterocycles. The highest BCUT2D eigenvalue weighted by Crippen LogP contribution is 2.46. The molecular weight excluding hydrogens is 313 g/mol. The molecule has 1 N–H and O–H groups in total. The molecule has 18 heavy (non-hydrogen) atoms. The number of furan rings is 1. The van der Waals surface area contributed by atoms with Gasteiger partial charge in [0.25, 0.3) is 0 Å². The first-order valence-corrected chi connectivity index (χ1v) is 5.73. The van der Waals surface area contributed by atoms with Gasteiger partial charge in [-0.1, -0.05) is 34.1 Å². The van der Waals surface area contributed by atoms with Gasteiger partial charge in [-0.25, -0.2) is 0 Å². The van der Waals surface area contributed by atoms with E-state index in [0.29, 0.717) is 0 Å². The number of benzene rings is 1. The van der Waals surface area contributed by atoms with E-state index in [1.54, 1.807) is 6.07 Å². The Balaban J connectivity index is 2.69. The molecule has 1 atom stereocenters. The van der Waals surface area contributed by atoms with Crippen LogP contribution in [-0.2, 0) is 5.60 Å². The van der Waals surface area contributed by atoms with Gasteiger partial charge in [0.2, 0.25) is 5.60 Å². The van der Waals surface area contributed by atoms with Gasteiger partial charge in [0.15, 0.2) is 0 Å². The Morgan fingerprint density at radius 2 is 1.78 bits per heavy atom. The highest BCUT2D eigenvalue weighted by atomic mass is 79.9. The van der Waals surface area contributed by atoms with Crippen molar-refractivity contribution in [2.24, 2.45) is 0 Å². The van der Waals surface area contributed by atoms with Crippen LogP contribution in [0.1, 0.15) is 11.1 Å². The molecule has 0 aliphatic carbocycles. The molecule has 0 fully saturated rings. The predicted octanol–water partition coefficient (Wildman–Crippen LogP) is 3.84. The maximum Gasteiger partial charge on any atom is 0.425 e. The van der Waals surface area contributed by atoms with E-state index >= 15 is 0 Å². The van der Waals surface area contributed by atoms with Gasteiger partial charge < -0.3 is 9.52 Å². The lowest BCUT2D eigenvalue weighted by Crippen LogP contribution is -2.43. The van der Waals surface area contributed by atoms with Crippen molar-refractivity contribution < 1.29 is 22.7 Å². The summed E-state index contributed by atoms with van der Waals surface area (Å²) in [5.41, 5.74) is -3.74. The Morgan fingerprint density at radius 1 is 1.11 bits per heavy atom. The summed E-state index contributed by atoms with van der Waals surface area (Å²) in [6, 6.07) is 6.74. The van der Waals surface area contributed by atoms with E-state index in [-0.39, 0.29) is 15.6 Å². The third-order valence-corrected chi connectivity index (χ3v) is 3.30. The van der Waals surface area contributed by atoms with Gasteiger partial charge in [-0.3, -0.25) is 0 Å². The molecule has 96 valence electrons. The molecule has 0 aliphatic heterocycles. The predicted molar refractivity (Wildman–Crippen MR) is 61.9 cm³/mol. The largest absolute Gasteiger partial charge is 0.472 e. The lowest BCUT2D eigenvalue weighted by molar-refractivity contribution is -0.248. The average Bonchev–Trinajstić information content (AvgIpc) is 2.80. The van der Waals surface area contributed by atoms with Gasteiger partial charge in [-0.15, -0.1) is 0 Å². The number of halogens is 4. The number of alkyl halides is 3. The summed E-state index contributed by atoms with van der Waals surface area (Å²) in [7, 11) is 0. The Kier molecular flexibility index (Phi) is 3.25. The van der Waals surface area contributed by atoms with Crippen LogP contribution in [0.15, 0.2) is 51.7 Å². The summed E-state index contributed by atoms with van der Waals surface area (Å²) < 4.78 is 44.5. The van der Waals surface area contributed by atoms with Crippen LogP contribution in [-0.4, -0.2) is 11.3 Å².